The number of benzene rings is 1. The molecule has 1 aromatic carbocycles. The van der Waals surface area contributed by atoms with Crippen molar-refractivity contribution in [3.8, 4) is 5.75 Å². The van der Waals surface area contributed by atoms with Crippen molar-refractivity contribution < 1.29 is 14.5 Å². The third-order valence-electron chi connectivity index (χ3n) is 1.79. The largest absolute Gasteiger partial charge is 0.486 e. The molecule has 0 aliphatic carbocycles. The molecule has 0 aromatic heterocycles. The molecule has 1 aromatic rings. The molecule has 0 bridgehead atoms. The van der Waals surface area contributed by atoms with E-state index in [0.717, 1.165) is 6.07 Å². The fourth-order valence-electron chi connectivity index (χ4n) is 1.14. The number of carbonyl (C=O) groups is 1. The SMILES string of the molecule is CCOc1c(Cl)cc(C(N)=O)cc1[N+](=O)[O-]. The highest BCUT2D eigenvalue weighted by Gasteiger charge is 2.21. The van der Waals surface area contributed by atoms with Gasteiger partial charge in [-0.25, -0.2) is 0 Å². The number of amides is 1. The average Bonchev–Trinajstić information content (AvgIpc) is 2.20. The van der Waals surface area contributed by atoms with Crippen LogP contribution in [-0.4, -0.2) is 17.4 Å². The monoisotopic (exact) mass is 244 g/mol. The Kier molecular flexibility index (Phi) is 3.68. The molecule has 16 heavy (non-hydrogen) atoms. The van der Waals surface area contributed by atoms with E-state index in [-0.39, 0.29) is 28.6 Å². The minimum absolute atomic E-state index is 0.00940. The van der Waals surface area contributed by atoms with Gasteiger partial charge in [0, 0.05) is 11.6 Å². The van der Waals surface area contributed by atoms with Gasteiger partial charge in [-0.05, 0) is 13.0 Å². The summed E-state index contributed by atoms with van der Waals surface area (Å²) in [6, 6.07) is 2.28. The van der Waals surface area contributed by atoms with Gasteiger partial charge in [0.15, 0.2) is 0 Å². The molecular formula is C9H9ClN2O4. The van der Waals surface area contributed by atoms with Crippen molar-refractivity contribution in [3.63, 3.8) is 0 Å². The molecule has 0 unspecified atom stereocenters. The number of halogens is 1. The van der Waals surface area contributed by atoms with Gasteiger partial charge in [-0.3, -0.25) is 14.9 Å². The number of rotatable bonds is 4. The molecule has 0 atom stereocenters. The van der Waals surface area contributed by atoms with Gasteiger partial charge < -0.3 is 10.5 Å². The molecule has 6 nitrogen and oxygen atoms in total. The average molecular weight is 245 g/mol. The number of nitro groups is 1. The van der Waals surface area contributed by atoms with E-state index in [1.807, 2.05) is 0 Å². The summed E-state index contributed by atoms with van der Waals surface area (Å²) in [7, 11) is 0. The number of primary amides is 1. The van der Waals surface area contributed by atoms with Crippen LogP contribution in [-0.2, 0) is 0 Å². The summed E-state index contributed by atoms with van der Waals surface area (Å²) in [5, 5.41) is 10.7. The predicted molar refractivity (Wildman–Crippen MR) is 57.8 cm³/mol. The van der Waals surface area contributed by atoms with Gasteiger partial charge >= 0.3 is 5.69 Å². The van der Waals surface area contributed by atoms with E-state index in [9.17, 15) is 14.9 Å². The molecule has 1 rings (SSSR count). The maximum Gasteiger partial charge on any atom is 0.313 e. The summed E-state index contributed by atoms with van der Waals surface area (Å²) in [4.78, 5) is 21.0. The lowest BCUT2D eigenvalue weighted by Crippen LogP contribution is -2.11. The van der Waals surface area contributed by atoms with E-state index in [1.165, 1.54) is 6.07 Å². The van der Waals surface area contributed by atoms with Crippen LogP contribution >= 0.6 is 11.6 Å². The zero-order chi connectivity index (χ0) is 12.3. The Morgan fingerprint density at radius 1 is 1.62 bits per heavy atom. The van der Waals surface area contributed by atoms with E-state index < -0.39 is 10.8 Å². The molecule has 0 aliphatic rings. The molecule has 7 heteroatoms. The summed E-state index contributed by atoms with van der Waals surface area (Å²) in [6.07, 6.45) is 0. The molecule has 2 N–H and O–H groups in total. The lowest BCUT2D eigenvalue weighted by atomic mass is 10.2. The first-order valence-electron chi connectivity index (χ1n) is 4.38. The number of ether oxygens (including phenoxy) is 1. The van der Waals surface area contributed by atoms with Gasteiger partial charge in [-0.15, -0.1) is 0 Å². The molecule has 0 aliphatic heterocycles. The van der Waals surface area contributed by atoms with Crippen molar-refractivity contribution in [1.29, 1.82) is 0 Å². The molecule has 1 amide bonds. The van der Waals surface area contributed by atoms with Crippen LogP contribution in [0.25, 0.3) is 0 Å². The van der Waals surface area contributed by atoms with E-state index in [0.29, 0.717) is 0 Å². The number of hydrogen-bond acceptors (Lipinski definition) is 4. The Balaban J connectivity index is 3.39. The highest BCUT2D eigenvalue weighted by atomic mass is 35.5. The van der Waals surface area contributed by atoms with Crippen LogP contribution in [0.4, 0.5) is 5.69 Å². The normalized spacial score (nSPS) is 9.88. The molecule has 0 heterocycles. The molecule has 0 radical (unpaired) electrons. The van der Waals surface area contributed by atoms with Gasteiger partial charge in [-0.1, -0.05) is 11.6 Å². The summed E-state index contributed by atoms with van der Waals surface area (Å²) in [5.74, 6) is -0.841. The van der Waals surface area contributed by atoms with E-state index in [4.69, 9.17) is 22.1 Å². The van der Waals surface area contributed by atoms with E-state index in [1.54, 1.807) is 6.92 Å². The molecule has 86 valence electrons. The molecule has 0 spiro atoms. The van der Waals surface area contributed by atoms with Crippen LogP contribution in [0.15, 0.2) is 12.1 Å². The zero-order valence-electron chi connectivity index (χ0n) is 8.40. The highest BCUT2D eigenvalue weighted by Crippen LogP contribution is 2.35. The van der Waals surface area contributed by atoms with Crippen LogP contribution in [0.3, 0.4) is 0 Å². The zero-order valence-corrected chi connectivity index (χ0v) is 9.15. The minimum atomic E-state index is -0.784. The second-order valence-corrected chi connectivity index (χ2v) is 3.27. The Morgan fingerprint density at radius 2 is 2.25 bits per heavy atom. The maximum atomic E-state index is 10.9. The van der Waals surface area contributed by atoms with E-state index in [2.05, 4.69) is 0 Å². The lowest BCUT2D eigenvalue weighted by molar-refractivity contribution is -0.385. The number of hydrogen-bond donors (Lipinski definition) is 1. The smallest absolute Gasteiger partial charge is 0.313 e. The number of nitrogens with zero attached hydrogens (tertiary/aromatic N) is 1. The third-order valence-corrected chi connectivity index (χ3v) is 2.07. The van der Waals surface area contributed by atoms with Crippen LogP contribution in [0.2, 0.25) is 5.02 Å². The first kappa shape index (κ1) is 12.3. The highest BCUT2D eigenvalue weighted by molar-refractivity contribution is 6.32. The molecule has 0 fully saturated rings. The number of nitro benzene ring substituents is 1. The summed E-state index contributed by atoms with van der Waals surface area (Å²) < 4.78 is 5.04. The Hall–Kier alpha value is -1.82. The Morgan fingerprint density at radius 3 is 2.69 bits per heavy atom. The van der Waals surface area contributed by atoms with Gasteiger partial charge in [0.05, 0.1) is 16.6 Å². The Bertz CT molecular complexity index is 447. The number of carbonyl (C=O) groups excluding carboxylic acids is 1. The predicted octanol–water partition coefficient (Wildman–Crippen LogP) is 1.75. The van der Waals surface area contributed by atoms with Crippen molar-refractivity contribution >= 4 is 23.2 Å². The fraction of sp³-hybridized carbons (Fsp3) is 0.222. The topological polar surface area (TPSA) is 95.5 Å². The van der Waals surface area contributed by atoms with Crippen molar-refractivity contribution in [3.05, 3.63) is 32.8 Å². The van der Waals surface area contributed by atoms with Crippen molar-refractivity contribution in [2.75, 3.05) is 6.61 Å². The quantitative estimate of drug-likeness (QED) is 0.645. The maximum absolute atomic E-state index is 10.9. The van der Waals surface area contributed by atoms with Gasteiger partial charge in [0.2, 0.25) is 11.7 Å². The fourth-order valence-corrected chi connectivity index (χ4v) is 1.41. The second kappa shape index (κ2) is 4.80. The first-order valence-corrected chi connectivity index (χ1v) is 4.75. The Labute approximate surface area is 96.1 Å². The third kappa shape index (κ3) is 2.40. The standard InChI is InChI=1S/C9H9ClN2O4/c1-2-16-8-6(10)3-5(9(11)13)4-7(8)12(14)15/h3-4H,2H2,1H3,(H2,11,13). The van der Waals surface area contributed by atoms with Crippen molar-refractivity contribution in [2.24, 2.45) is 5.73 Å². The molecular weight excluding hydrogens is 236 g/mol. The summed E-state index contributed by atoms with van der Waals surface area (Å²) in [6.45, 7) is 1.90. The summed E-state index contributed by atoms with van der Waals surface area (Å²) in [5.41, 5.74) is 4.61. The van der Waals surface area contributed by atoms with Gasteiger partial charge in [0.1, 0.15) is 0 Å². The molecule has 0 saturated heterocycles. The van der Waals surface area contributed by atoms with Gasteiger partial charge in [0.25, 0.3) is 0 Å². The second-order valence-electron chi connectivity index (χ2n) is 2.86. The van der Waals surface area contributed by atoms with Crippen LogP contribution in [0, 0.1) is 10.1 Å². The summed E-state index contributed by atoms with van der Waals surface area (Å²) >= 11 is 5.76. The van der Waals surface area contributed by atoms with Crippen molar-refractivity contribution in [2.45, 2.75) is 6.92 Å². The van der Waals surface area contributed by atoms with E-state index >= 15 is 0 Å². The van der Waals surface area contributed by atoms with Crippen LogP contribution < -0.4 is 10.5 Å². The minimum Gasteiger partial charge on any atom is -0.486 e. The van der Waals surface area contributed by atoms with Crippen LogP contribution in [0.1, 0.15) is 17.3 Å². The molecule has 0 saturated carbocycles. The lowest BCUT2D eigenvalue weighted by Gasteiger charge is -2.07. The number of nitrogens with two attached hydrogens (primary N) is 1. The van der Waals surface area contributed by atoms with Crippen molar-refractivity contribution in [1.82, 2.24) is 0 Å². The van der Waals surface area contributed by atoms with Crippen LogP contribution in [0.5, 0.6) is 5.75 Å². The first-order chi connectivity index (χ1) is 7.47. The van der Waals surface area contributed by atoms with Gasteiger partial charge in [-0.2, -0.15) is 0 Å².